The Morgan fingerprint density at radius 3 is 2.97 bits per heavy atom. The predicted molar refractivity (Wildman–Crippen MR) is 119 cm³/mol. The minimum atomic E-state index is -1.02. The van der Waals surface area contributed by atoms with E-state index < -0.39 is 6.23 Å². The van der Waals surface area contributed by atoms with E-state index >= 15 is 0 Å². The summed E-state index contributed by atoms with van der Waals surface area (Å²) in [7, 11) is 1.52. The van der Waals surface area contributed by atoms with Gasteiger partial charge in [-0.25, -0.2) is 0 Å². The van der Waals surface area contributed by atoms with E-state index in [1.54, 1.807) is 30.3 Å². The Morgan fingerprint density at radius 2 is 2.17 bits per heavy atom. The third-order valence-corrected chi connectivity index (χ3v) is 5.66. The van der Waals surface area contributed by atoms with Crippen LogP contribution in [-0.4, -0.2) is 40.1 Å². The first-order chi connectivity index (χ1) is 14.6. The summed E-state index contributed by atoms with van der Waals surface area (Å²) in [6, 6.07) is 12.6. The average Bonchev–Trinajstić information content (AvgIpc) is 2.93. The van der Waals surface area contributed by atoms with Crippen LogP contribution in [0.2, 0.25) is 0 Å². The topological polar surface area (TPSA) is 86.2 Å². The van der Waals surface area contributed by atoms with Crippen molar-refractivity contribution in [3.05, 3.63) is 65.2 Å². The average molecular weight is 485 g/mol. The molecule has 2 heterocycles. The fraction of sp³-hybridized carbons (Fsp3) is 0.143. The maximum Gasteiger partial charge on any atom is 0.247 e. The lowest BCUT2D eigenvalue weighted by Gasteiger charge is -2.19. The number of benzene rings is 2. The van der Waals surface area contributed by atoms with Crippen LogP contribution in [0.3, 0.4) is 0 Å². The standard InChI is InChI=1S/C21H17BrN4O3S/c1-3-10-30-21-24-19-17(25-26-21)14-11-12(22)8-9-15(14)23-20(29-19)18(27)13-6-4-5-7-16(13)28-2/h3-9,11,20,23H,1,10H2,2H3/t20-/m0/s1. The van der Waals surface area contributed by atoms with Gasteiger partial charge in [-0.1, -0.05) is 45.9 Å². The highest BCUT2D eigenvalue weighted by Crippen LogP contribution is 2.38. The molecule has 30 heavy (non-hydrogen) atoms. The highest BCUT2D eigenvalue weighted by Gasteiger charge is 2.31. The zero-order chi connectivity index (χ0) is 21.1. The van der Waals surface area contributed by atoms with Gasteiger partial charge < -0.3 is 14.8 Å². The third kappa shape index (κ3) is 4.03. The monoisotopic (exact) mass is 484 g/mol. The predicted octanol–water partition coefficient (Wildman–Crippen LogP) is 4.60. The number of para-hydroxylation sites is 1. The molecule has 1 aliphatic heterocycles. The van der Waals surface area contributed by atoms with Crippen LogP contribution in [0, 0.1) is 0 Å². The zero-order valence-electron chi connectivity index (χ0n) is 16.0. The van der Waals surface area contributed by atoms with Crippen molar-refractivity contribution in [2.45, 2.75) is 11.4 Å². The zero-order valence-corrected chi connectivity index (χ0v) is 18.4. The summed E-state index contributed by atoms with van der Waals surface area (Å²) in [5.41, 5.74) is 2.28. The van der Waals surface area contributed by atoms with Crippen molar-refractivity contribution in [1.29, 1.82) is 0 Å². The Kier molecular flexibility index (Phi) is 6.01. The van der Waals surface area contributed by atoms with E-state index in [1.165, 1.54) is 18.9 Å². The maximum atomic E-state index is 13.3. The fourth-order valence-corrected chi connectivity index (χ4v) is 3.85. The Hall–Kier alpha value is -2.91. The van der Waals surface area contributed by atoms with Crippen LogP contribution in [0.15, 0.2) is 64.7 Å². The van der Waals surface area contributed by atoms with Crippen molar-refractivity contribution in [2.75, 3.05) is 18.2 Å². The van der Waals surface area contributed by atoms with Gasteiger partial charge in [0.25, 0.3) is 0 Å². The summed E-state index contributed by atoms with van der Waals surface area (Å²) in [4.78, 5) is 17.8. The number of nitrogens with one attached hydrogen (secondary N) is 1. The molecule has 0 radical (unpaired) electrons. The normalized spacial score (nSPS) is 14.4. The molecular formula is C21H17BrN4O3S. The Balaban J connectivity index is 1.79. The van der Waals surface area contributed by atoms with Gasteiger partial charge in [-0.05, 0) is 30.3 Å². The van der Waals surface area contributed by atoms with Gasteiger partial charge in [0.05, 0.1) is 12.7 Å². The number of methoxy groups -OCH3 is 1. The molecule has 7 nitrogen and oxygen atoms in total. The van der Waals surface area contributed by atoms with Crippen molar-refractivity contribution >= 4 is 39.2 Å². The number of hydrogen-bond acceptors (Lipinski definition) is 8. The number of ether oxygens (including phenoxy) is 2. The van der Waals surface area contributed by atoms with E-state index in [4.69, 9.17) is 9.47 Å². The van der Waals surface area contributed by atoms with Crippen LogP contribution in [-0.2, 0) is 0 Å². The van der Waals surface area contributed by atoms with E-state index in [1.807, 2.05) is 18.2 Å². The highest BCUT2D eigenvalue weighted by molar-refractivity contribution is 9.10. The summed E-state index contributed by atoms with van der Waals surface area (Å²) < 4.78 is 12.2. The second kappa shape index (κ2) is 8.85. The SMILES string of the molecule is C=CCSc1nnc2c(n1)O[C@@H](C(=O)c1ccccc1OC)Nc1ccc(Br)cc1-2. The number of fused-ring (bicyclic) bond motifs is 3. The smallest absolute Gasteiger partial charge is 0.247 e. The summed E-state index contributed by atoms with van der Waals surface area (Å²) in [5.74, 6) is 1.04. The van der Waals surface area contributed by atoms with Crippen molar-refractivity contribution in [2.24, 2.45) is 0 Å². The largest absolute Gasteiger partial charge is 0.496 e. The molecule has 0 bridgehead atoms. The van der Waals surface area contributed by atoms with Crippen molar-refractivity contribution in [3.8, 4) is 22.9 Å². The number of halogens is 1. The number of rotatable bonds is 6. The van der Waals surface area contributed by atoms with Crippen LogP contribution in [0.1, 0.15) is 10.4 Å². The van der Waals surface area contributed by atoms with Gasteiger partial charge in [-0.2, -0.15) is 4.98 Å². The van der Waals surface area contributed by atoms with E-state index in [2.05, 4.69) is 43.0 Å². The highest BCUT2D eigenvalue weighted by atomic mass is 79.9. The number of aromatic nitrogens is 3. The Morgan fingerprint density at radius 1 is 1.33 bits per heavy atom. The molecule has 152 valence electrons. The van der Waals surface area contributed by atoms with E-state index in [0.29, 0.717) is 33.6 Å². The van der Waals surface area contributed by atoms with Crippen LogP contribution in [0.25, 0.3) is 11.3 Å². The number of carbonyl (C=O) groups excluding carboxylic acids is 1. The molecule has 0 unspecified atom stereocenters. The van der Waals surface area contributed by atoms with Gasteiger partial charge in [0.15, 0.2) is 5.69 Å². The van der Waals surface area contributed by atoms with Crippen LogP contribution in [0.5, 0.6) is 11.6 Å². The molecule has 0 saturated heterocycles. The van der Waals surface area contributed by atoms with Crippen molar-refractivity contribution in [1.82, 2.24) is 15.2 Å². The molecule has 0 aliphatic carbocycles. The number of ketones is 1. The fourth-order valence-electron chi connectivity index (χ4n) is 2.97. The van der Waals surface area contributed by atoms with Crippen LogP contribution in [0.4, 0.5) is 5.69 Å². The number of anilines is 1. The van der Waals surface area contributed by atoms with Crippen LogP contribution >= 0.6 is 27.7 Å². The minimum absolute atomic E-state index is 0.231. The van der Waals surface area contributed by atoms with Crippen LogP contribution < -0.4 is 14.8 Å². The van der Waals surface area contributed by atoms with Gasteiger partial charge >= 0.3 is 0 Å². The van der Waals surface area contributed by atoms with E-state index in [0.717, 1.165) is 10.0 Å². The molecule has 0 fully saturated rings. The number of Topliss-reactive ketones (excluding diaryl/α,β-unsaturated/α-hetero) is 1. The van der Waals surface area contributed by atoms with Crippen molar-refractivity contribution < 1.29 is 14.3 Å². The number of nitrogens with zero attached hydrogens (tertiary/aromatic N) is 3. The van der Waals surface area contributed by atoms with E-state index in [9.17, 15) is 4.79 Å². The molecule has 2 aromatic carbocycles. The molecule has 0 amide bonds. The molecule has 0 spiro atoms. The van der Waals surface area contributed by atoms with Gasteiger partial charge in [0.2, 0.25) is 23.0 Å². The molecular weight excluding hydrogens is 468 g/mol. The summed E-state index contributed by atoms with van der Waals surface area (Å²) >= 11 is 4.86. The lowest BCUT2D eigenvalue weighted by Crippen LogP contribution is -2.35. The summed E-state index contributed by atoms with van der Waals surface area (Å²) in [6.45, 7) is 3.70. The van der Waals surface area contributed by atoms with Gasteiger partial charge in [-0.15, -0.1) is 16.8 Å². The first kappa shape index (κ1) is 20.4. The maximum absolute atomic E-state index is 13.3. The molecule has 3 aromatic rings. The number of hydrogen-bond donors (Lipinski definition) is 1. The molecule has 1 N–H and O–H groups in total. The third-order valence-electron chi connectivity index (χ3n) is 4.33. The Labute approximate surface area is 186 Å². The lowest BCUT2D eigenvalue weighted by atomic mass is 10.1. The molecule has 1 atom stereocenters. The minimum Gasteiger partial charge on any atom is -0.496 e. The number of thioether (sulfide) groups is 1. The van der Waals surface area contributed by atoms with Gasteiger partial charge in [0.1, 0.15) is 5.75 Å². The Bertz CT molecular complexity index is 1130. The first-order valence-electron chi connectivity index (χ1n) is 8.99. The molecule has 0 saturated carbocycles. The number of carbonyl (C=O) groups is 1. The molecule has 1 aliphatic rings. The van der Waals surface area contributed by atoms with Gasteiger partial charge in [-0.3, -0.25) is 4.79 Å². The lowest BCUT2D eigenvalue weighted by molar-refractivity contribution is 0.0820. The van der Waals surface area contributed by atoms with Gasteiger partial charge in [0, 0.05) is 21.5 Å². The summed E-state index contributed by atoms with van der Waals surface area (Å²) in [6.07, 6.45) is 0.735. The first-order valence-corrected chi connectivity index (χ1v) is 10.8. The molecule has 9 heteroatoms. The van der Waals surface area contributed by atoms with E-state index in [-0.39, 0.29) is 11.7 Å². The molecule has 1 aromatic heterocycles. The quantitative estimate of drug-likeness (QED) is 0.308. The molecule has 4 rings (SSSR count). The second-order valence-corrected chi connectivity index (χ2v) is 8.15. The van der Waals surface area contributed by atoms with Crippen molar-refractivity contribution in [3.63, 3.8) is 0 Å². The second-order valence-electron chi connectivity index (χ2n) is 6.24. The summed E-state index contributed by atoms with van der Waals surface area (Å²) in [5, 5.41) is 12.1.